The van der Waals surface area contributed by atoms with Crippen LogP contribution in [-0.2, 0) is 0 Å². The summed E-state index contributed by atoms with van der Waals surface area (Å²) in [7, 11) is 1.54. The summed E-state index contributed by atoms with van der Waals surface area (Å²) in [5, 5.41) is 11.2. The number of carbonyl (C=O) groups is 1. The monoisotopic (exact) mass is 309 g/mol. The lowest BCUT2D eigenvalue weighted by molar-refractivity contribution is 0.102. The zero-order chi connectivity index (χ0) is 14.5. The number of ether oxygens (including phenoxy) is 1. The number of hydrogen-bond donors (Lipinski definition) is 1. The number of methoxy groups -OCH3 is 1. The molecule has 106 valence electrons. The van der Waals surface area contributed by atoms with Gasteiger partial charge < -0.3 is 4.74 Å². The molecule has 1 N–H and O–H groups in total. The summed E-state index contributed by atoms with van der Waals surface area (Å²) < 4.78 is 6.05. The molecule has 20 heavy (non-hydrogen) atoms. The molecule has 7 heteroatoms. The number of benzene rings is 1. The van der Waals surface area contributed by atoms with E-state index in [-0.39, 0.29) is 5.91 Å². The lowest BCUT2D eigenvalue weighted by atomic mass is 10.1. The van der Waals surface area contributed by atoms with Crippen LogP contribution in [0.5, 0.6) is 5.75 Å². The van der Waals surface area contributed by atoms with Crippen LogP contribution in [-0.4, -0.2) is 29.0 Å². The molecule has 2 rings (SSSR count). The van der Waals surface area contributed by atoms with E-state index in [0.717, 1.165) is 15.7 Å². The van der Waals surface area contributed by atoms with E-state index in [0.29, 0.717) is 16.4 Å². The van der Waals surface area contributed by atoms with Gasteiger partial charge in [0.2, 0.25) is 5.13 Å². The van der Waals surface area contributed by atoms with Gasteiger partial charge in [-0.1, -0.05) is 41.7 Å². The van der Waals surface area contributed by atoms with Gasteiger partial charge >= 0.3 is 0 Å². The number of nitrogens with zero attached hydrogens (tertiary/aromatic N) is 2. The Hall–Kier alpha value is -1.60. The lowest BCUT2D eigenvalue weighted by Gasteiger charge is -2.08. The molecule has 0 aliphatic rings. The molecule has 0 bridgehead atoms. The van der Waals surface area contributed by atoms with E-state index < -0.39 is 0 Å². The third-order valence-corrected chi connectivity index (χ3v) is 4.35. The number of thioether (sulfide) groups is 1. The number of hydrogen-bond acceptors (Lipinski definition) is 6. The van der Waals surface area contributed by atoms with Crippen LogP contribution in [0.1, 0.15) is 22.8 Å². The molecule has 1 aromatic carbocycles. The van der Waals surface area contributed by atoms with E-state index in [1.165, 1.54) is 11.3 Å². The van der Waals surface area contributed by atoms with Crippen LogP contribution < -0.4 is 10.1 Å². The van der Waals surface area contributed by atoms with Crippen LogP contribution in [0, 0.1) is 6.92 Å². The topological polar surface area (TPSA) is 64.1 Å². The zero-order valence-corrected chi connectivity index (χ0v) is 13.1. The van der Waals surface area contributed by atoms with E-state index >= 15 is 0 Å². The number of carbonyl (C=O) groups excluding carboxylic acids is 1. The van der Waals surface area contributed by atoms with Gasteiger partial charge in [0, 0.05) is 0 Å². The summed E-state index contributed by atoms with van der Waals surface area (Å²) in [4.78, 5) is 12.3. The van der Waals surface area contributed by atoms with Gasteiger partial charge in [-0.3, -0.25) is 10.1 Å². The van der Waals surface area contributed by atoms with Crippen LogP contribution in [0.4, 0.5) is 5.13 Å². The Morgan fingerprint density at radius 2 is 2.25 bits per heavy atom. The van der Waals surface area contributed by atoms with E-state index in [1.807, 2.05) is 19.9 Å². The second-order valence-corrected chi connectivity index (χ2v) is 6.45. The number of aromatic nitrogens is 2. The molecule has 0 saturated heterocycles. The van der Waals surface area contributed by atoms with E-state index in [9.17, 15) is 4.79 Å². The average Bonchev–Trinajstić information content (AvgIpc) is 2.86. The maximum atomic E-state index is 12.3. The fourth-order valence-corrected chi connectivity index (χ4v) is 3.25. The van der Waals surface area contributed by atoms with Crippen LogP contribution >= 0.6 is 23.1 Å². The number of aryl methyl sites for hydroxylation is 1. The van der Waals surface area contributed by atoms with Crippen LogP contribution in [0.3, 0.4) is 0 Å². The fraction of sp³-hybridized carbons (Fsp3) is 0.308. The van der Waals surface area contributed by atoms with E-state index in [4.69, 9.17) is 4.74 Å². The predicted molar refractivity (Wildman–Crippen MR) is 82.0 cm³/mol. The SMILES string of the molecule is CCSc1nnc(NC(=O)c2cc(C)ccc2OC)s1. The molecular weight excluding hydrogens is 294 g/mol. The van der Waals surface area contributed by atoms with Crippen molar-refractivity contribution in [3.63, 3.8) is 0 Å². The molecule has 1 heterocycles. The largest absolute Gasteiger partial charge is 0.496 e. The smallest absolute Gasteiger partial charge is 0.261 e. The molecule has 0 atom stereocenters. The van der Waals surface area contributed by atoms with Gasteiger partial charge in [-0.15, -0.1) is 10.2 Å². The Morgan fingerprint density at radius 3 is 2.95 bits per heavy atom. The Kier molecular flexibility index (Phi) is 4.97. The highest BCUT2D eigenvalue weighted by Crippen LogP contribution is 2.26. The van der Waals surface area contributed by atoms with Crippen LogP contribution in [0.2, 0.25) is 0 Å². The minimum atomic E-state index is -0.241. The van der Waals surface area contributed by atoms with Crippen LogP contribution in [0.25, 0.3) is 0 Å². The maximum absolute atomic E-state index is 12.3. The molecule has 0 radical (unpaired) electrons. The lowest BCUT2D eigenvalue weighted by Crippen LogP contribution is -2.13. The second kappa shape index (κ2) is 6.71. The van der Waals surface area contributed by atoms with Crippen molar-refractivity contribution in [2.45, 2.75) is 18.2 Å². The summed E-state index contributed by atoms with van der Waals surface area (Å²) in [5.74, 6) is 1.23. The second-order valence-electron chi connectivity index (χ2n) is 3.96. The first kappa shape index (κ1) is 14.8. The Labute approximate surface area is 125 Å². The maximum Gasteiger partial charge on any atom is 0.261 e. The van der Waals surface area contributed by atoms with Gasteiger partial charge in [0.15, 0.2) is 4.34 Å². The van der Waals surface area contributed by atoms with Gasteiger partial charge in [0.1, 0.15) is 5.75 Å². The molecule has 0 unspecified atom stereocenters. The Balaban J connectivity index is 2.16. The standard InChI is InChI=1S/C13H15N3O2S2/c1-4-19-13-16-15-12(20-13)14-11(17)9-7-8(2)5-6-10(9)18-3/h5-7H,4H2,1-3H3,(H,14,15,17). The highest BCUT2D eigenvalue weighted by atomic mass is 32.2. The van der Waals surface area contributed by atoms with E-state index in [2.05, 4.69) is 15.5 Å². The van der Waals surface area contributed by atoms with Gasteiger partial charge in [0.25, 0.3) is 5.91 Å². The Bertz CT molecular complexity index is 613. The minimum Gasteiger partial charge on any atom is -0.496 e. The molecule has 0 aliphatic heterocycles. The predicted octanol–water partition coefficient (Wildman–Crippen LogP) is 3.22. The van der Waals surface area contributed by atoms with Crippen molar-refractivity contribution in [1.82, 2.24) is 10.2 Å². The van der Waals surface area contributed by atoms with Gasteiger partial charge in [-0.2, -0.15) is 0 Å². The number of nitrogens with one attached hydrogen (secondary N) is 1. The number of amides is 1. The molecule has 1 amide bonds. The van der Waals surface area contributed by atoms with E-state index in [1.54, 1.807) is 31.0 Å². The normalized spacial score (nSPS) is 10.3. The van der Waals surface area contributed by atoms with Crippen molar-refractivity contribution < 1.29 is 9.53 Å². The summed E-state index contributed by atoms with van der Waals surface area (Å²) in [6, 6.07) is 5.47. The summed E-state index contributed by atoms with van der Waals surface area (Å²) in [6.07, 6.45) is 0. The molecule has 0 fully saturated rings. The molecule has 2 aromatic rings. The first-order valence-corrected chi connectivity index (χ1v) is 7.86. The van der Waals surface area contributed by atoms with Gasteiger partial charge in [0.05, 0.1) is 12.7 Å². The zero-order valence-electron chi connectivity index (χ0n) is 11.5. The van der Waals surface area contributed by atoms with Crippen molar-refractivity contribution in [3.05, 3.63) is 29.3 Å². The molecule has 0 aliphatic carbocycles. The van der Waals surface area contributed by atoms with Crippen molar-refractivity contribution in [2.24, 2.45) is 0 Å². The van der Waals surface area contributed by atoms with Crippen molar-refractivity contribution in [2.75, 3.05) is 18.2 Å². The van der Waals surface area contributed by atoms with Crippen LogP contribution in [0.15, 0.2) is 22.5 Å². The highest BCUT2D eigenvalue weighted by molar-refractivity contribution is 8.01. The minimum absolute atomic E-state index is 0.241. The molecule has 0 saturated carbocycles. The first-order chi connectivity index (χ1) is 9.63. The number of rotatable bonds is 5. The fourth-order valence-electron chi connectivity index (χ4n) is 1.61. The molecule has 5 nitrogen and oxygen atoms in total. The first-order valence-electron chi connectivity index (χ1n) is 6.06. The van der Waals surface area contributed by atoms with Crippen molar-refractivity contribution >= 4 is 34.1 Å². The quantitative estimate of drug-likeness (QED) is 0.678. The molecule has 0 spiro atoms. The third-order valence-electron chi connectivity index (χ3n) is 2.49. The van der Waals surface area contributed by atoms with Gasteiger partial charge in [-0.05, 0) is 24.8 Å². The summed E-state index contributed by atoms with van der Waals surface area (Å²) >= 11 is 2.96. The van der Waals surface area contributed by atoms with Gasteiger partial charge in [-0.25, -0.2) is 0 Å². The third kappa shape index (κ3) is 3.49. The summed E-state index contributed by atoms with van der Waals surface area (Å²) in [6.45, 7) is 3.97. The Morgan fingerprint density at radius 1 is 1.45 bits per heavy atom. The average molecular weight is 309 g/mol. The highest BCUT2D eigenvalue weighted by Gasteiger charge is 2.15. The van der Waals surface area contributed by atoms with Crippen molar-refractivity contribution in [1.29, 1.82) is 0 Å². The summed E-state index contributed by atoms with van der Waals surface area (Å²) in [5.41, 5.74) is 1.49. The van der Waals surface area contributed by atoms with Crippen molar-refractivity contribution in [3.8, 4) is 5.75 Å². The number of anilines is 1. The molecular formula is C13H15N3O2S2. The molecule has 1 aromatic heterocycles.